The Morgan fingerprint density at radius 3 is 2.50 bits per heavy atom. The summed E-state index contributed by atoms with van der Waals surface area (Å²) in [4.78, 5) is 24.7. The summed E-state index contributed by atoms with van der Waals surface area (Å²) in [6, 6.07) is 13.2. The zero-order valence-electron chi connectivity index (χ0n) is 15.3. The van der Waals surface area contributed by atoms with Crippen molar-refractivity contribution in [2.24, 2.45) is 5.10 Å². The highest BCUT2D eigenvalue weighted by Gasteiger charge is 2.31. The number of methoxy groups -OCH3 is 1. The van der Waals surface area contributed by atoms with Crippen molar-refractivity contribution in [2.45, 2.75) is 13.0 Å². The maximum absolute atomic E-state index is 12.7. The normalized spacial score (nSPS) is 16.5. The highest BCUT2D eigenvalue weighted by atomic mass is 35.5. The molecule has 1 heterocycles. The molecule has 28 heavy (non-hydrogen) atoms. The summed E-state index contributed by atoms with van der Waals surface area (Å²) >= 11 is 5.85. The van der Waals surface area contributed by atoms with E-state index in [4.69, 9.17) is 16.3 Å². The van der Waals surface area contributed by atoms with E-state index in [2.05, 4.69) is 21.2 Å². The summed E-state index contributed by atoms with van der Waals surface area (Å²) in [6.45, 7) is 1.67. The molecule has 1 aliphatic rings. The quantitative estimate of drug-likeness (QED) is 0.533. The Balaban J connectivity index is 1.80. The number of carbonyl (C=O) groups is 2. The van der Waals surface area contributed by atoms with Crippen LogP contribution in [-0.4, -0.2) is 25.3 Å². The molecular formula is C20H19ClN4O3. The Morgan fingerprint density at radius 1 is 1.18 bits per heavy atom. The van der Waals surface area contributed by atoms with Gasteiger partial charge in [-0.2, -0.15) is 5.10 Å². The average Bonchev–Trinajstić information content (AvgIpc) is 2.69. The third-order valence-electron chi connectivity index (χ3n) is 4.21. The van der Waals surface area contributed by atoms with E-state index in [9.17, 15) is 9.59 Å². The molecule has 0 aromatic heterocycles. The van der Waals surface area contributed by atoms with Crippen molar-refractivity contribution >= 4 is 29.8 Å². The van der Waals surface area contributed by atoms with Gasteiger partial charge in [0.15, 0.2) is 0 Å². The Hall–Kier alpha value is -3.32. The van der Waals surface area contributed by atoms with E-state index < -0.39 is 11.9 Å². The molecule has 3 N–H and O–H groups in total. The number of rotatable bonds is 5. The first-order valence-electron chi connectivity index (χ1n) is 8.49. The van der Waals surface area contributed by atoms with Crippen molar-refractivity contribution in [3.8, 4) is 5.75 Å². The van der Waals surface area contributed by atoms with Gasteiger partial charge in [0.1, 0.15) is 5.75 Å². The number of urea groups is 1. The van der Waals surface area contributed by atoms with Crippen molar-refractivity contribution in [1.82, 2.24) is 16.1 Å². The summed E-state index contributed by atoms with van der Waals surface area (Å²) in [5.41, 5.74) is 4.88. The topological polar surface area (TPSA) is 91.8 Å². The average molecular weight is 399 g/mol. The number of amides is 3. The van der Waals surface area contributed by atoms with Crippen LogP contribution in [0.4, 0.5) is 4.79 Å². The van der Waals surface area contributed by atoms with Crippen LogP contribution in [0.15, 0.2) is 64.9 Å². The third-order valence-corrected chi connectivity index (χ3v) is 4.46. The van der Waals surface area contributed by atoms with Crippen LogP contribution in [0.1, 0.15) is 24.1 Å². The van der Waals surface area contributed by atoms with Crippen LogP contribution in [0, 0.1) is 0 Å². The minimum atomic E-state index is -0.606. The second-order valence-corrected chi connectivity index (χ2v) is 6.53. The third kappa shape index (κ3) is 4.50. The number of hydrogen-bond donors (Lipinski definition) is 3. The highest BCUT2D eigenvalue weighted by Crippen LogP contribution is 2.28. The molecule has 1 aliphatic heterocycles. The van der Waals surface area contributed by atoms with E-state index in [1.165, 1.54) is 6.21 Å². The number of nitrogens with zero attached hydrogens (tertiary/aromatic N) is 1. The monoisotopic (exact) mass is 398 g/mol. The fourth-order valence-corrected chi connectivity index (χ4v) is 2.94. The van der Waals surface area contributed by atoms with E-state index in [-0.39, 0.29) is 6.03 Å². The van der Waals surface area contributed by atoms with Gasteiger partial charge in [-0.05, 0) is 42.3 Å². The smallest absolute Gasteiger partial charge is 0.319 e. The lowest BCUT2D eigenvalue weighted by Crippen LogP contribution is -2.46. The molecule has 8 heteroatoms. The van der Waals surface area contributed by atoms with Crippen LogP contribution >= 0.6 is 11.6 Å². The SMILES string of the molecule is COc1ccc(C2NC(=O)NC(C)=C2C(=O)NN=Cc2ccc(Cl)cc2)cc1. The molecule has 2 aromatic rings. The lowest BCUT2D eigenvalue weighted by atomic mass is 9.95. The maximum atomic E-state index is 12.7. The Labute approximate surface area is 167 Å². The standard InChI is InChI=1S/C20H19ClN4O3/c1-12-17(19(26)25-22-11-13-3-7-15(21)8-4-13)18(24-20(27)23-12)14-5-9-16(28-2)10-6-14/h3-11,18H,1-2H3,(H,25,26)(H2,23,24,27). The van der Waals surface area contributed by atoms with E-state index >= 15 is 0 Å². The number of carbonyl (C=O) groups excluding carboxylic acids is 2. The highest BCUT2D eigenvalue weighted by molar-refractivity contribution is 6.30. The van der Waals surface area contributed by atoms with E-state index in [1.807, 2.05) is 0 Å². The number of ether oxygens (including phenoxy) is 1. The number of hydrazone groups is 1. The van der Waals surface area contributed by atoms with Gasteiger partial charge < -0.3 is 15.4 Å². The largest absolute Gasteiger partial charge is 0.497 e. The number of benzene rings is 2. The minimum Gasteiger partial charge on any atom is -0.497 e. The molecule has 7 nitrogen and oxygen atoms in total. The summed E-state index contributed by atoms with van der Waals surface area (Å²) in [5.74, 6) is 0.263. The van der Waals surface area contributed by atoms with Crippen LogP contribution in [-0.2, 0) is 4.79 Å². The molecule has 0 aliphatic carbocycles. The number of halogens is 1. The second kappa shape index (κ2) is 8.58. The summed E-state index contributed by atoms with van der Waals surface area (Å²) in [6.07, 6.45) is 1.52. The predicted octanol–water partition coefficient (Wildman–Crippen LogP) is 3.13. The minimum absolute atomic E-state index is 0.373. The number of nitrogens with one attached hydrogen (secondary N) is 3. The molecule has 2 aromatic carbocycles. The van der Waals surface area contributed by atoms with Crippen LogP contribution in [0.25, 0.3) is 0 Å². The van der Waals surface area contributed by atoms with E-state index in [1.54, 1.807) is 62.6 Å². The van der Waals surface area contributed by atoms with E-state index in [0.717, 1.165) is 11.1 Å². The molecule has 3 amide bonds. The number of hydrogen-bond acceptors (Lipinski definition) is 4. The lowest BCUT2D eigenvalue weighted by Gasteiger charge is -2.28. The fraction of sp³-hybridized carbons (Fsp3) is 0.150. The Bertz CT molecular complexity index is 937. The van der Waals surface area contributed by atoms with Crippen molar-refractivity contribution in [3.05, 3.63) is 76.0 Å². The van der Waals surface area contributed by atoms with Gasteiger partial charge in [-0.25, -0.2) is 10.2 Å². The van der Waals surface area contributed by atoms with Crippen molar-refractivity contribution in [2.75, 3.05) is 7.11 Å². The first-order chi connectivity index (χ1) is 13.5. The summed E-state index contributed by atoms with van der Waals surface area (Å²) < 4.78 is 5.16. The van der Waals surface area contributed by atoms with Crippen LogP contribution in [0.2, 0.25) is 5.02 Å². The van der Waals surface area contributed by atoms with Gasteiger partial charge in [0.05, 0.1) is 24.9 Å². The lowest BCUT2D eigenvalue weighted by molar-refractivity contribution is -0.117. The molecule has 0 bridgehead atoms. The van der Waals surface area contributed by atoms with Gasteiger partial charge in [-0.15, -0.1) is 0 Å². The maximum Gasteiger partial charge on any atom is 0.319 e. The van der Waals surface area contributed by atoms with Crippen LogP contribution in [0.3, 0.4) is 0 Å². The van der Waals surface area contributed by atoms with Crippen molar-refractivity contribution in [1.29, 1.82) is 0 Å². The molecule has 0 spiro atoms. The molecule has 0 fully saturated rings. The van der Waals surface area contributed by atoms with E-state index in [0.29, 0.717) is 22.0 Å². The van der Waals surface area contributed by atoms with Gasteiger partial charge >= 0.3 is 6.03 Å². The van der Waals surface area contributed by atoms with Crippen LogP contribution < -0.4 is 20.8 Å². The first-order valence-corrected chi connectivity index (χ1v) is 8.87. The first kappa shape index (κ1) is 19.4. The molecule has 144 valence electrons. The molecular weight excluding hydrogens is 380 g/mol. The number of allylic oxidation sites excluding steroid dienone is 1. The molecule has 0 saturated carbocycles. The zero-order chi connectivity index (χ0) is 20.1. The Morgan fingerprint density at radius 2 is 1.86 bits per heavy atom. The molecule has 3 rings (SSSR count). The summed E-state index contributed by atoms with van der Waals surface area (Å²) in [5, 5.41) is 10.0. The molecule has 0 radical (unpaired) electrons. The predicted molar refractivity (Wildman–Crippen MR) is 107 cm³/mol. The zero-order valence-corrected chi connectivity index (χ0v) is 16.1. The van der Waals surface area contributed by atoms with Gasteiger partial charge in [0.25, 0.3) is 5.91 Å². The van der Waals surface area contributed by atoms with Gasteiger partial charge in [0.2, 0.25) is 0 Å². The van der Waals surface area contributed by atoms with Crippen LogP contribution in [0.5, 0.6) is 5.75 Å². The molecule has 1 atom stereocenters. The molecule has 0 saturated heterocycles. The molecule has 1 unspecified atom stereocenters. The van der Waals surface area contributed by atoms with Crippen molar-refractivity contribution < 1.29 is 14.3 Å². The summed E-state index contributed by atoms with van der Waals surface area (Å²) in [7, 11) is 1.57. The van der Waals surface area contributed by atoms with Gasteiger partial charge in [0, 0.05) is 10.7 Å². The van der Waals surface area contributed by atoms with Crippen molar-refractivity contribution in [3.63, 3.8) is 0 Å². The second-order valence-electron chi connectivity index (χ2n) is 6.09. The van der Waals surface area contributed by atoms with Gasteiger partial charge in [-0.1, -0.05) is 35.9 Å². The van der Waals surface area contributed by atoms with Gasteiger partial charge in [-0.3, -0.25) is 4.79 Å². The Kier molecular flexibility index (Phi) is 5.96. The fourth-order valence-electron chi connectivity index (χ4n) is 2.82.